The highest BCUT2D eigenvalue weighted by Crippen LogP contribution is 2.31. The van der Waals surface area contributed by atoms with Crippen LogP contribution in [0.25, 0.3) is 0 Å². The monoisotopic (exact) mass is 444 g/mol. The zero-order valence-corrected chi connectivity index (χ0v) is 18.3. The normalized spacial score (nSPS) is 18.5. The number of thiophene rings is 1. The number of benzene rings is 1. The van der Waals surface area contributed by atoms with Crippen LogP contribution < -0.4 is 10.2 Å². The van der Waals surface area contributed by atoms with E-state index in [1.54, 1.807) is 23.5 Å². The van der Waals surface area contributed by atoms with Gasteiger partial charge in [0.1, 0.15) is 5.69 Å². The van der Waals surface area contributed by atoms with Crippen LogP contribution in [0.15, 0.2) is 35.7 Å². The average molecular weight is 445 g/mol. The fourth-order valence-electron chi connectivity index (χ4n) is 4.28. The Morgan fingerprint density at radius 1 is 1.16 bits per heavy atom. The van der Waals surface area contributed by atoms with Crippen molar-refractivity contribution in [2.24, 2.45) is 0 Å². The molecule has 1 amide bonds. The molecule has 31 heavy (non-hydrogen) atoms. The van der Waals surface area contributed by atoms with Crippen molar-refractivity contribution in [2.45, 2.75) is 25.3 Å². The predicted molar refractivity (Wildman–Crippen MR) is 121 cm³/mol. The van der Waals surface area contributed by atoms with Gasteiger partial charge in [-0.05, 0) is 42.8 Å². The third-order valence-electron chi connectivity index (χ3n) is 5.95. The van der Waals surface area contributed by atoms with E-state index in [2.05, 4.69) is 21.2 Å². The molecule has 4 rings (SSSR count). The summed E-state index contributed by atoms with van der Waals surface area (Å²) < 4.78 is 5.47. The smallest absolute Gasteiger partial charge is 0.293 e. The lowest BCUT2D eigenvalue weighted by Crippen LogP contribution is -2.43. The molecule has 0 spiro atoms. The molecule has 3 heterocycles. The van der Waals surface area contributed by atoms with Gasteiger partial charge < -0.3 is 15.0 Å². The summed E-state index contributed by atoms with van der Waals surface area (Å²) in [5, 5.41) is 16.7. The van der Waals surface area contributed by atoms with Gasteiger partial charge in [0.05, 0.1) is 24.2 Å². The van der Waals surface area contributed by atoms with Crippen LogP contribution in [0.3, 0.4) is 0 Å². The lowest BCUT2D eigenvalue weighted by atomic mass is 10.1. The van der Waals surface area contributed by atoms with Gasteiger partial charge in [0.2, 0.25) is 0 Å². The Bertz CT molecular complexity index is 893. The average Bonchev–Trinajstić information content (AvgIpc) is 3.34. The molecule has 2 saturated heterocycles. The van der Waals surface area contributed by atoms with Gasteiger partial charge in [-0.25, -0.2) is 0 Å². The van der Waals surface area contributed by atoms with Crippen molar-refractivity contribution in [1.82, 2.24) is 10.2 Å². The molecule has 8 nitrogen and oxygen atoms in total. The van der Waals surface area contributed by atoms with E-state index in [4.69, 9.17) is 4.74 Å². The highest BCUT2D eigenvalue weighted by Gasteiger charge is 2.26. The number of amides is 1. The quantitative estimate of drug-likeness (QED) is 0.520. The number of nitro benzene ring substituents is 1. The van der Waals surface area contributed by atoms with Gasteiger partial charge >= 0.3 is 0 Å². The number of carbonyl (C=O) groups is 1. The van der Waals surface area contributed by atoms with E-state index in [1.165, 1.54) is 10.9 Å². The van der Waals surface area contributed by atoms with Crippen molar-refractivity contribution < 1.29 is 14.5 Å². The number of morpholine rings is 1. The van der Waals surface area contributed by atoms with Crippen LogP contribution in [0.4, 0.5) is 11.4 Å². The van der Waals surface area contributed by atoms with Crippen molar-refractivity contribution >= 4 is 28.6 Å². The number of carbonyl (C=O) groups excluding carboxylic acids is 1. The molecule has 2 aromatic rings. The molecule has 2 aliphatic rings. The molecular weight excluding hydrogens is 416 g/mol. The van der Waals surface area contributed by atoms with Gasteiger partial charge in [-0.3, -0.25) is 19.8 Å². The number of piperidine rings is 1. The number of ether oxygens (including phenoxy) is 1. The topological polar surface area (TPSA) is 88.0 Å². The largest absolute Gasteiger partial charge is 0.379 e. The fourth-order valence-corrected chi connectivity index (χ4v) is 5.15. The standard InChI is InChI=1S/C22H28N4O4S/c27-22(23-16-20(21-5-4-14-31-21)25-10-12-30-13-11-25)17-6-7-18(19(15-17)26(28)29)24-8-2-1-3-9-24/h4-7,14-15,20H,1-3,8-13,16H2,(H,23,27). The maximum absolute atomic E-state index is 12.9. The number of anilines is 1. The molecule has 1 atom stereocenters. The first-order chi connectivity index (χ1) is 15.1. The van der Waals surface area contributed by atoms with E-state index < -0.39 is 0 Å². The summed E-state index contributed by atoms with van der Waals surface area (Å²) in [6, 6.07) is 8.98. The minimum absolute atomic E-state index is 0.00228. The van der Waals surface area contributed by atoms with Crippen LogP contribution in [0.1, 0.15) is 40.5 Å². The first-order valence-electron chi connectivity index (χ1n) is 10.8. The number of hydrogen-bond acceptors (Lipinski definition) is 7. The van der Waals surface area contributed by atoms with Gasteiger partial charge in [-0.15, -0.1) is 11.3 Å². The Morgan fingerprint density at radius 2 is 1.94 bits per heavy atom. The van der Waals surface area contributed by atoms with Gasteiger partial charge in [-0.2, -0.15) is 0 Å². The molecule has 1 aromatic heterocycles. The molecule has 0 bridgehead atoms. The summed E-state index contributed by atoms with van der Waals surface area (Å²) in [5.41, 5.74) is 0.919. The number of hydrogen-bond donors (Lipinski definition) is 1. The molecular formula is C22H28N4O4S. The van der Waals surface area contributed by atoms with Crippen LogP contribution in [0, 0.1) is 10.1 Å². The second-order valence-electron chi connectivity index (χ2n) is 7.90. The lowest BCUT2D eigenvalue weighted by molar-refractivity contribution is -0.384. The van der Waals surface area contributed by atoms with Gasteiger partial charge in [-0.1, -0.05) is 6.07 Å². The van der Waals surface area contributed by atoms with Crippen LogP contribution in [0.2, 0.25) is 0 Å². The summed E-state index contributed by atoms with van der Waals surface area (Å²) >= 11 is 1.67. The molecule has 0 saturated carbocycles. The zero-order chi connectivity index (χ0) is 21.6. The highest BCUT2D eigenvalue weighted by molar-refractivity contribution is 7.10. The second-order valence-corrected chi connectivity index (χ2v) is 8.88. The zero-order valence-electron chi connectivity index (χ0n) is 17.5. The summed E-state index contributed by atoms with van der Waals surface area (Å²) in [6.45, 7) is 5.06. The van der Waals surface area contributed by atoms with Crippen LogP contribution in [0.5, 0.6) is 0 Å². The number of nitrogens with zero attached hydrogens (tertiary/aromatic N) is 3. The lowest BCUT2D eigenvalue weighted by Gasteiger charge is -2.34. The van der Waals surface area contributed by atoms with E-state index in [0.717, 1.165) is 45.4 Å². The van der Waals surface area contributed by atoms with E-state index in [1.807, 2.05) is 11.4 Å². The van der Waals surface area contributed by atoms with E-state index in [-0.39, 0.29) is 22.6 Å². The fraction of sp³-hybridized carbons (Fsp3) is 0.500. The number of nitro groups is 1. The summed E-state index contributed by atoms with van der Waals surface area (Å²) in [5.74, 6) is -0.289. The Morgan fingerprint density at radius 3 is 2.61 bits per heavy atom. The SMILES string of the molecule is O=C(NCC(c1cccs1)N1CCOCC1)c1ccc(N2CCCCC2)c([N+](=O)[O-])c1. The maximum Gasteiger partial charge on any atom is 0.293 e. The Labute approximate surface area is 185 Å². The molecule has 1 aromatic carbocycles. The summed E-state index contributed by atoms with van der Waals surface area (Å²) in [7, 11) is 0. The van der Waals surface area contributed by atoms with Crippen LogP contribution in [-0.4, -0.2) is 61.7 Å². The minimum Gasteiger partial charge on any atom is -0.379 e. The van der Waals surface area contributed by atoms with Gasteiger partial charge in [0.15, 0.2) is 0 Å². The van der Waals surface area contributed by atoms with E-state index >= 15 is 0 Å². The first kappa shape index (κ1) is 21.7. The molecule has 166 valence electrons. The highest BCUT2D eigenvalue weighted by atomic mass is 32.1. The van der Waals surface area contributed by atoms with Gasteiger partial charge in [0.25, 0.3) is 11.6 Å². The molecule has 1 unspecified atom stereocenters. The Balaban J connectivity index is 1.48. The maximum atomic E-state index is 12.9. The molecule has 9 heteroatoms. The molecule has 2 aliphatic heterocycles. The Hall–Kier alpha value is -2.49. The van der Waals surface area contributed by atoms with E-state index in [0.29, 0.717) is 31.0 Å². The minimum atomic E-state index is -0.386. The molecule has 2 fully saturated rings. The third-order valence-corrected chi connectivity index (χ3v) is 6.92. The Kier molecular flexibility index (Phi) is 7.16. The van der Waals surface area contributed by atoms with Crippen molar-refractivity contribution in [3.8, 4) is 0 Å². The van der Waals surface area contributed by atoms with Crippen LogP contribution >= 0.6 is 11.3 Å². The molecule has 0 aliphatic carbocycles. The van der Waals surface area contributed by atoms with Gasteiger partial charge in [0, 0.05) is 49.2 Å². The van der Waals surface area contributed by atoms with Crippen molar-refractivity contribution in [2.75, 3.05) is 50.8 Å². The number of nitrogens with one attached hydrogen (secondary N) is 1. The molecule has 0 radical (unpaired) electrons. The predicted octanol–water partition coefficient (Wildman–Crippen LogP) is 3.45. The summed E-state index contributed by atoms with van der Waals surface area (Å²) in [6.07, 6.45) is 3.22. The van der Waals surface area contributed by atoms with E-state index in [9.17, 15) is 14.9 Å². The summed E-state index contributed by atoms with van der Waals surface area (Å²) in [4.78, 5) is 29.7. The van der Waals surface area contributed by atoms with Crippen molar-refractivity contribution in [1.29, 1.82) is 0 Å². The van der Waals surface area contributed by atoms with Crippen LogP contribution in [-0.2, 0) is 4.74 Å². The first-order valence-corrected chi connectivity index (χ1v) is 11.7. The molecule has 1 N–H and O–H groups in total. The third kappa shape index (κ3) is 5.23. The second kappa shape index (κ2) is 10.2. The number of rotatable bonds is 7. The van der Waals surface area contributed by atoms with Crippen molar-refractivity contribution in [3.05, 3.63) is 56.3 Å². The van der Waals surface area contributed by atoms with Crippen molar-refractivity contribution in [3.63, 3.8) is 0 Å².